The summed E-state index contributed by atoms with van der Waals surface area (Å²) in [4.78, 5) is 46.6. The fourth-order valence-electron chi connectivity index (χ4n) is 5.70. The van der Waals surface area contributed by atoms with Gasteiger partial charge in [-0.05, 0) is 29.7 Å². The molecule has 0 aliphatic carbocycles. The molecule has 0 radical (unpaired) electrons. The second-order valence-electron chi connectivity index (χ2n) is 9.53. The summed E-state index contributed by atoms with van der Waals surface area (Å²) in [6, 6.07) is 21.2. The number of non-ortho nitro benzene ring substituents is 1. The number of imide groups is 1. The summed E-state index contributed by atoms with van der Waals surface area (Å²) in [5.74, 6) is -1.04. The zero-order chi connectivity index (χ0) is 28.8. The van der Waals surface area contributed by atoms with Crippen molar-refractivity contribution in [2.24, 2.45) is 5.92 Å². The molecule has 11 heteroatoms. The number of carbonyl (C=O) groups is 2. The van der Waals surface area contributed by atoms with E-state index in [1.54, 1.807) is 30.3 Å². The molecule has 0 bridgehead atoms. The zero-order valence-corrected chi connectivity index (χ0v) is 22.3. The fraction of sp³-hybridized carbons (Fsp3) is 0.200. The quantitative estimate of drug-likeness (QED) is 0.179. The Morgan fingerprint density at radius 3 is 2.29 bits per heavy atom. The van der Waals surface area contributed by atoms with Crippen molar-refractivity contribution in [1.29, 1.82) is 0 Å². The van der Waals surface area contributed by atoms with E-state index in [1.165, 1.54) is 49.5 Å². The molecule has 6 rings (SSSR count). The number of benzene rings is 4. The molecule has 0 N–H and O–H groups in total. The van der Waals surface area contributed by atoms with E-state index in [4.69, 9.17) is 19.0 Å². The standard InChI is InChI=1S/C30H25N3O8/c1-38-23-15-14-21(26(39-2)27(23)40-3)25-24-28(41-32(25)18-10-7-11-19(16-18)33(36)37)30(35)31(29(24)34)22-13-6-9-17-8-4-5-12-20(17)22/h4-16,24-25,28H,1-3H3/t24-,25-,28-/m1/s1. The van der Waals surface area contributed by atoms with Gasteiger partial charge in [-0.1, -0.05) is 42.5 Å². The van der Waals surface area contributed by atoms with Gasteiger partial charge in [0.1, 0.15) is 12.0 Å². The Bertz CT molecular complexity index is 1700. The molecule has 41 heavy (non-hydrogen) atoms. The van der Waals surface area contributed by atoms with E-state index in [1.807, 2.05) is 30.3 Å². The van der Waals surface area contributed by atoms with E-state index in [9.17, 15) is 19.7 Å². The van der Waals surface area contributed by atoms with Crippen molar-refractivity contribution < 1.29 is 33.6 Å². The number of carbonyl (C=O) groups excluding carboxylic acids is 2. The Kier molecular flexibility index (Phi) is 6.43. The Balaban J connectivity index is 1.53. The minimum atomic E-state index is -1.19. The molecule has 4 aromatic rings. The summed E-state index contributed by atoms with van der Waals surface area (Å²) in [6.45, 7) is 0. The molecule has 2 heterocycles. The first-order chi connectivity index (χ1) is 19.9. The maximum absolute atomic E-state index is 14.2. The summed E-state index contributed by atoms with van der Waals surface area (Å²) < 4.78 is 16.8. The number of amides is 2. The molecule has 0 saturated carbocycles. The first kappa shape index (κ1) is 26.1. The summed E-state index contributed by atoms with van der Waals surface area (Å²) >= 11 is 0. The van der Waals surface area contributed by atoms with E-state index >= 15 is 0 Å². The monoisotopic (exact) mass is 555 g/mol. The number of rotatable bonds is 7. The molecule has 4 aromatic carbocycles. The lowest BCUT2D eigenvalue weighted by Crippen LogP contribution is -2.37. The van der Waals surface area contributed by atoms with Gasteiger partial charge in [-0.3, -0.25) is 24.5 Å². The minimum Gasteiger partial charge on any atom is -0.493 e. The lowest BCUT2D eigenvalue weighted by molar-refractivity contribution is -0.384. The lowest BCUT2D eigenvalue weighted by Gasteiger charge is -2.30. The maximum atomic E-state index is 14.2. The van der Waals surface area contributed by atoms with E-state index < -0.39 is 34.8 Å². The highest BCUT2D eigenvalue weighted by Gasteiger charge is 2.61. The molecule has 208 valence electrons. The second kappa shape index (κ2) is 10.1. The number of nitro benzene ring substituents is 1. The van der Waals surface area contributed by atoms with Crippen molar-refractivity contribution in [1.82, 2.24) is 0 Å². The highest BCUT2D eigenvalue weighted by Crippen LogP contribution is 2.53. The molecule has 2 aliphatic rings. The Labute approximate surface area is 234 Å². The van der Waals surface area contributed by atoms with Gasteiger partial charge in [-0.25, -0.2) is 9.96 Å². The normalized spacial score (nSPS) is 19.9. The molecule has 0 aromatic heterocycles. The fourth-order valence-corrected chi connectivity index (χ4v) is 5.70. The second-order valence-corrected chi connectivity index (χ2v) is 9.53. The summed E-state index contributed by atoms with van der Waals surface area (Å²) in [5, 5.41) is 14.6. The van der Waals surface area contributed by atoms with Crippen molar-refractivity contribution in [3.8, 4) is 17.2 Å². The average Bonchev–Trinajstić information content (AvgIpc) is 3.51. The van der Waals surface area contributed by atoms with Gasteiger partial charge in [0.2, 0.25) is 11.7 Å². The van der Waals surface area contributed by atoms with E-state index in [0.29, 0.717) is 22.7 Å². The highest BCUT2D eigenvalue weighted by atomic mass is 16.7. The predicted octanol–water partition coefficient (Wildman–Crippen LogP) is 4.82. The summed E-state index contributed by atoms with van der Waals surface area (Å²) in [6.07, 6.45) is -1.19. The van der Waals surface area contributed by atoms with Crippen LogP contribution >= 0.6 is 0 Å². The van der Waals surface area contributed by atoms with Gasteiger partial charge in [0, 0.05) is 23.1 Å². The number of hydroxylamine groups is 1. The Hall–Kier alpha value is -5.16. The number of methoxy groups -OCH3 is 3. The topological polar surface area (TPSA) is 121 Å². The molecule has 0 spiro atoms. The number of hydrogen-bond donors (Lipinski definition) is 0. The zero-order valence-electron chi connectivity index (χ0n) is 22.3. The number of fused-ring (bicyclic) bond motifs is 2. The minimum absolute atomic E-state index is 0.170. The van der Waals surface area contributed by atoms with Crippen LogP contribution in [0.25, 0.3) is 10.8 Å². The molecule has 2 saturated heterocycles. The molecular formula is C30H25N3O8. The Morgan fingerprint density at radius 2 is 1.56 bits per heavy atom. The van der Waals surface area contributed by atoms with Crippen LogP contribution in [-0.2, 0) is 14.4 Å². The molecular weight excluding hydrogens is 530 g/mol. The third-order valence-electron chi connectivity index (χ3n) is 7.47. The number of hydrogen-bond acceptors (Lipinski definition) is 9. The third kappa shape index (κ3) is 4.01. The van der Waals surface area contributed by atoms with E-state index in [-0.39, 0.29) is 17.2 Å². The van der Waals surface area contributed by atoms with Crippen LogP contribution in [0.1, 0.15) is 11.6 Å². The van der Waals surface area contributed by atoms with Crippen LogP contribution in [0.5, 0.6) is 17.2 Å². The van der Waals surface area contributed by atoms with Crippen LogP contribution in [0.15, 0.2) is 78.9 Å². The van der Waals surface area contributed by atoms with Crippen LogP contribution in [0.4, 0.5) is 17.1 Å². The molecule has 2 amide bonds. The van der Waals surface area contributed by atoms with Crippen molar-refractivity contribution in [2.45, 2.75) is 12.1 Å². The number of anilines is 2. The van der Waals surface area contributed by atoms with E-state index in [0.717, 1.165) is 10.8 Å². The number of nitrogens with zero attached hydrogens (tertiary/aromatic N) is 3. The van der Waals surface area contributed by atoms with Crippen molar-refractivity contribution in [2.75, 3.05) is 31.3 Å². The first-order valence-electron chi connectivity index (χ1n) is 12.7. The van der Waals surface area contributed by atoms with Gasteiger partial charge in [0.25, 0.3) is 11.6 Å². The SMILES string of the molecule is COc1ccc([C@@H]2[C@H]3C(=O)N(c4cccc5ccccc45)C(=O)[C@@H]3ON2c2cccc([N+](=O)[O-])c2)c(OC)c1OC. The van der Waals surface area contributed by atoms with Gasteiger partial charge >= 0.3 is 0 Å². The van der Waals surface area contributed by atoms with Gasteiger partial charge in [0.15, 0.2) is 17.6 Å². The molecule has 2 aliphatic heterocycles. The van der Waals surface area contributed by atoms with Crippen molar-refractivity contribution >= 4 is 39.6 Å². The molecule has 11 nitrogen and oxygen atoms in total. The van der Waals surface area contributed by atoms with Crippen LogP contribution in [-0.4, -0.2) is 44.2 Å². The summed E-state index contributed by atoms with van der Waals surface area (Å²) in [7, 11) is 4.40. The van der Waals surface area contributed by atoms with E-state index in [2.05, 4.69) is 0 Å². The van der Waals surface area contributed by atoms with Crippen molar-refractivity contribution in [3.63, 3.8) is 0 Å². The number of nitro groups is 1. The molecule has 2 fully saturated rings. The lowest BCUT2D eigenvalue weighted by atomic mass is 9.89. The average molecular weight is 556 g/mol. The highest BCUT2D eigenvalue weighted by molar-refractivity contribution is 6.26. The Morgan fingerprint density at radius 1 is 0.829 bits per heavy atom. The van der Waals surface area contributed by atoms with Crippen molar-refractivity contribution in [3.05, 3.63) is 94.5 Å². The smallest absolute Gasteiger partial charge is 0.271 e. The van der Waals surface area contributed by atoms with Crippen LogP contribution in [0.2, 0.25) is 0 Å². The molecule has 0 unspecified atom stereocenters. The maximum Gasteiger partial charge on any atom is 0.271 e. The largest absolute Gasteiger partial charge is 0.493 e. The third-order valence-corrected chi connectivity index (χ3v) is 7.47. The van der Waals surface area contributed by atoms with Gasteiger partial charge in [0.05, 0.1) is 37.6 Å². The van der Waals surface area contributed by atoms with Gasteiger partial charge in [-0.15, -0.1) is 0 Å². The molecule has 3 atom stereocenters. The number of ether oxygens (including phenoxy) is 3. The summed E-state index contributed by atoms with van der Waals surface area (Å²) in [5.41, 5.74) is 1.06. The van der Waals surface area contributed by atoms with Crippen LogP contribution in [0.3, 0.4) is 0 Å². The van der Waals surface area contributed by atoms with Crippen LogP contribution in [0, 0.1) is 16.0 Å². The van der Waals surface area contributed by atoms with Gasteiger partial charge < -0.3 is 14.2 Å². The predicted molar refractivity (Wildman–Crippen MR) is 149 cm³/mol. The van der Waals surface area contributed by atoms with Gasteiger partial charge in [-0.2, -0.15) is 0 Å². The first-order valence-corrected chi connectivity index (χ1v) is 12.7. The van der Waals surface area contributed by atoms with Crippen LogP contribution < -0.4 is 24.2 Å².